The maximum atomic E-state index is 2.75. The molecular weight excluding hydrogens is 312 g/mol. The van der Waals surface area contributed by atoms with Crippen molar-refractivity contribution >= 4 is 0 Å². The average Bonchev–Trinajstić information content (AvgIpc) is 3.00. The van der Waals surface area contributed by atoms with Gasteiger partial charge in [-0.1, -0.05) is 66.5 Å². The van der Waals surface area contributed by atoms with Gasteiger partial charge in [0.1, 0.15) is 0 Å². The van der Waals surface area contributed by atoms with E-state index in [2.05, 4.69) is 40.7 Å². The van der Waals surface area contributed by atoms with Crippen molar-refractivity contribution in [2.75, 3.05) is 0 Å². The van der Waals surface area contributed by atoms with Crippen molar-refractivity contribution in [1.29, 1.82) is 0 Å². The molecule has 4 aliphatic rings. The molecule has 3 saturated carbocycles. The van der Waals surface area contributed by atoms with Crippen LogP contribution in [0.1, 0.15) is 106 Å². The van der Waals surface area contributed by atoms with Gasteiger partial charge in [-0.3, -0.25) is 0 Å². The van der Waals surface area contributed by atoms with Crippen LogP contribution in [-0.2, 0) is 0 Å². The Kier molecular flexibility index (Phi) is 6.01. The highest BCUT2D eigenvalue weighted by atomic mass is 14.6. The first-order valence-corrected chi connectivity index (χ1v) is 12.1. The highest BCUT2D eigenvalue weighted by molar-refractivity contribution is 5.25. The molecule has 0 amide bonds. The Morgan fingerprint density at radius 2 is 1.73 bits per heavy atom. The molecule has 26 heavy (non-hydrogen) atoms. The molecule has 4 rings (SSSR count). The minimum absolute atomic E-state index is 0.561. The molecule has 7 atom stereocenters. The second-order valence-corrected chi connectivity index (χ2v) is 10.7. The summed E-state index contributed by atoms with van der Waals surface area (Å²) in [5.74, 6) is 5.85. The predicted octanol–water partition coefficient (Wildman–Crippen LogP) is 8.27. The Morgan fingerprint density at radius 3 is 2.38 bits per heavy atom. The third-order valence-corrected chi connectivity index (χ3v) is 9.66. The number of rotatable bonds is 2. The second-order valence-electron chi connectivity index (χ2n) is 10.7. The van der Waals surface area contributed by atoms with Crippen LogP contribution in [0, 0.1) is 46.3 Å². The lowest BCUT2D eigenvalue weighted by Crippen LogP contribution is -2.50. The molecule has 0 spiro atoms. The zero-order valence-corrected chi connectivity index (χ0v) is 18.9. The van der Waals surface area contributed by atoms with E-state index in [0.29, 0.717) is 10.8 Å². The summed E-state index contributed by atoms with van der Waals surface area (Å²) in [5.41, 5.74) is 3.09. The first-order valence-electron chi connectivity index (χ1n) is 12.1. The van der Waals surface area contributed by atoms with Crippen LogP contribution in [-0.4, -0.2) is 0 Å². The van der Waals surface area contributed by atoms with Crippen LogP contribution in [0.5, 0.6) is 0 Å². The van der Waals surface area contributed by atoms with Crippen molar-refractivity contribution in [3.63, 3.8) is 0 Å². The molecule has 0 nitrogen and oxygen atoms in total. The van der Waals surface area contributed by atoms with Gasteiger partial charge >= 0.3 is 0 Å². The lowest BCUT2D eigenvalue weighted by molar-refractivity contribution is -0.0509. The van der Waals surface area contributed by atoms with Gasteiger partial charge in [0.15, 0.2) is 0 Å². The Balaban J connectivity index is 0.000000948. The van der Waals surface area contributed by atoms with Crippen molar-refractivity contribution in [2.24, 2.45) is 46.3 Å². The van der Waals surface area contributed by atoms with Crippen LogP contribution in [0.4, 0.5) is 0 Å². The Hall–Kier alpha value is -0.260. The summed E-state index contributed by atoms with van der Waals surface area (Å²) in [6, 6.07) is 0. The van der Waals surface area contributed by atoms with Crippen LogP contribution in [0.3, 0.4) is 0 Å². The van der Waals surface area contributed by atoms with Crippen LogP contribution in [0.2, 0.25) is 0 Å². The summed E-state index contributed by atoms with van der Waals surface area (Å²) < 4.78 is 0. The molecule has 0 radical (unpaired) electrons. The van der Waals surface area contributed by atoms with E-state index in [9.17, 15) is 0 Å². The Bertz CT molecular complexity index is 514. The number of hydrogen-bond acceptors (Lipinski definition) is 0. The normalized spacial score (nSPS) is 47.2. The zero-order chi connectivity index (χ0) is 19.1. The van der Waals surface area contributed by atoms with Crippen LogP contribution >= 0.6 is 0 Å². The van der Waals surface area contributed by atoms with Crippen LogP contribution < -0.4 is 0 Å². The van der Waals surface area contributed by atoms with E-state index in [0.717, 1.165) is 35.5 Å². The SMILES string of the molecule is CC.CCC1CCC2(C)C(=CCC3C2CCC2(C)C(C(C)C)CCC32)C1. The van der Waals surface area contributed by atoms with Gasteiger partial charge in [-0.2, -0.15) is 0 Å². The van der Waals surface area contributed by atoms with Crippen molar-refractivity contribution in [3.8, 4) is 0 Å². The lowest BCUT2D eigenvalue weighted by Gasteiger charge is -2.58. The van der Waals surface area contributed by atoms with Crippen molar-refractivity contribution in [3.05, 3.63) is 11.6 Å². The second kappa shape index (κ2) is 7.63. The summed E-state index contributed by atoms with van der Waals surface area (Å²) >= 11 is 0. The fraction of sp³-hybridized carbons (Fsp3) is 0.923. The Labute approximate surface area is 164 Å². The standard InChI is InChI=1S/C24H40.C2H6/c1-6-17-11-13-23(4)18(15-17)7-8-19-21-10-9-20(16(2)3)24(21,5)14-12-22(19)23;1-2/h7,16-17,19-22H,6,8-15H2,1-5H3;1-2H3. The quantitative estimate of drug-likeness (QED) is 0.436. The number of hydrogen-bond donors (Lipinski definition) is 0. The van der Waals surface area contributed by atoms with Gasteiger partial charge < -0.3 is 0 Å². The third kappa shape index (κ3) is 3.02. The van der Waals surface area contributed by atoms with Crippen molar-refractivity contribution < 1.29 is 0 Å². The third-order valence-electron chi connectivity index (χ3n) is 9.66. The van der Waals surface area contributed by atoms with Gasteiger partial charge in [-0.15, -0.1) is 0 Å². The first-order chi connectivity index (χ1) is 12.4. The maximum absolute atomic E-state index is 2.75. The zero-order valence-electron chi connectivity index (χ0n) is 18.9. The molecule has 0 saturated heterocycles. The molecule has 0 aliphatic heterocycles. The molecule has 150 valence electrons. The first kappa shape index (κ1) is 20.5. The summed E-state index contributed by atoms with van der Waals surface area (Å²) in [5, 5.41) is 0. The van der Waals surface area contributed by atoms with Gasteiger partial charge in [-0.25, -0.2) is 0 Å². The van der Waals surface area contributed by atoms with E-state index in [1.807, 2.05) is 19.4 Å². The smallest absolute Gasteiger partial charge is 0.00851 e. The highest BCUT2D eigenvalue weighted by Crippen LogP contribution is 2.67. The fourth-order valence-corrected chi connectivity index (χ4v) is 8.22. The molecule has 4 aliphatic carbocycles. The summed E-state index contributed by atoms with van der Waals surface area (Å²) in [6.45, 7) is 16.7. The fourth-order valence-electron chi connectivity index (χ4n) is 8.22. The minimum atomic E-state index is 0.561. The molecule has 0 heteroatoms. The van der Waals surface area contributed by atoms with Gasteiger partial charge in [0.25, 0.3) is 0 Å². The molecule has 0 heterocycles. The molecule has 0 aromatic carbocycles. The van der Waals surface area contributed by atoms with Gasteiger partial charge in [-0.05, 0) is 97.7 Å². The molecule has 0 N–H and O–H groups in total. The van der Waals surface area contributed by atoms with E-state index in [4.69, 9.17) is 0 Å². The van der Waals surface area contributed by atoms with Crippen LogP contribution in [0.25, 0.3) is 0 Å². The molecule has 7 unspecified atom stereocenters. The summed E-state index contributed by atoms with van der Waals surface area (Å²) in [6.07, 6.45) is 16.0. The van der Waals surface area contributed by atoms with E-state index in [1.54, 1.807) is 0 Å². The lowest BCUT2D eigenvalue weighted by atomic mass is 9.46. The van der Waals surface area contributed by atoms with Crippen molar-refractivity contribution in [2.45, 2.75) is 106 Å². The van der Waals surface area contributed by atoms with Gasteiger partial charge in [0.2, 0.25) is 0 Å². The molecule has 0 aromatic heterocycles. The number of allylic oxidation sites excluding steroid dienone is 2. The molecule has 0 aromatic rings. The summed E-state index contributed by atoms with van der Waals surface area (Å²) in [4.78, 5) is 0. The van der Waals surface area contributed by atoms with Crippen LogP contribution in [0.15, 0.2) is 11.6 Å². The molecule has 0 bridgehead atoms. The molecular formula is C26H46. The predicted molar refractivity (Wildman–Crippen MR) is 115 cm³/mol. The monoisotopic (exact) mass is 358 g/mol. The Morgan fingerprint density at radius 1 is 1.00 bits per heavy atom. The largest absolute Gasteiger partial charge is 0.0845 e. The van der Waals surface area contributed by atoms with E-state index < -0.39 is 0 Å². The number of fused-ring (bicyclic) bond motifs is 5. The van der Waals surface area contributed by atoms with Gasteiger partial charge in [0, 0.05) is 0 Å². The van der Waals surface area contributed by atoms with E-state index in [1.165, 1.54) is 57.8 Å². The highest BCUT2D eigenvalue weighted by Gasteiger charge is 2.58. The summed E-state index contributed by atoms with van der Waals surface area (Å²) in [7, 11) is 0. The topological polar surface area (TPSA) is 0 Å². The maximum Gasteiger partial charge on any atom is -0.00851 e. The van der Waals surface area contributed by atoms with E-state index >= 15 is 0 Å². The van der Waals surface area contributed by atoms with Gasteiger partial charge in [0.05, 0.1) is 0 Å². The average molecular weight is 359 g/mol. The minimum Gasteiger partial charge on any atom is -0.0845 e. The van der Waals surface area contributed by atoms with E-state index in [-0.39, 0.29) is 0 Å². The van der Waals surface area contributed by atoms with Crippen molar-refractivity contribution in [1.82, 2.24) is 0 Å². The molecule has 3 fully saturated rings.